The summed E-state index contributed by atoms with van der Waals surface area (Å²) in [4.78, 5) is 0. The van der Waals surface area contributed by atoms with Gasteiger partial charge in [0.2, 0.25) is 0 Å². The number of benzene rings is 1. The van der Waals surface area contributed by atoms with Gasteiger partial charge in [0.25, 0.3) is 0 Å². The highest BCUT2D eigenvalue weighted by Crippen LogP contribution is 2.20. The zero-order chi connectivity index (χ0) is 14.0. The van der Waals surface area contributed by atoms with E-state index < -0.39 is 0 Å². The van der Waals surface area contributed by atoms with Crippen molar-refractivity contribution >= 4 is 23.2 Å². The van der Waals surface area contributed by atoms with Crippen molar-refractivity contribution in [2.24, 2.45) is 7.05 Å². The van der Waals surface area contributed by atoms with Crippen molar-refractivity contribution in [3.63, 3.8) is 0 Å². The molecule has 1 aromatic heterocycles. The maximum absolute atomic E-state index is 6.13. The molecule has 1 aromatic carbocycles. The van der Waals surface area contributed by atoms with Crippen LogP contribution in [0.5, 0.6) is 0 Å². The van der Waals surface area contributed by atoms with Gasteiger partial charge in [0, 0.05) is 41.4 Å². The Hall–Kier alpha value is -1.03. The molecule has 5 heteroatoms. The Balaban J connectivity index is 2.02. The van der Waals surface area contributed by atoms with Crippen molar-refractivity contribution in [3.8, 4) is 0 Å². The molecule has 1 N–H and O–H groups in total. The van der Waals surface area contributed by atoms with Gasteiger partial charge >= 0.3 is 0 Å². The number of nitrogens with zero attached hydrogens (tertiary/aromatic N) is 2. The third-order valence-corrected chi connectivity index (χ3v) is 3.89. The summed E-state index contributed by atoms with van der Waals surface area (Å²) in [5.74, 6) is 0. The van der Waals surface area contributed by atoms with E-state index in [1.165, 1.54) is 11.3 Å². The van der Waals surface area contributed by atoms with Crippen LogP contribution in [0.3, 0.4) is 0 Å². The number of nitrogens with one attached hydrogen (secondary N) is 1. The number of hydrogen-bond acceptors (Lipinski definition) is 2. The molecule has 0 bridgehead atoms. The zero-order valence-corrected chi connectivity index (χ0v) is 12.8. The van der Waals surface area contributed by atoms with Crippen molar-refractivity contribution in [1.29, 1.82) is 0 Å². The van der Waals surface area contributed by atoms with Crippen molar-refractivity contribution in [2.75, 3.05) is 0 Å². The molecule has 0 radical (unpaired) electrons. The van der Waals surface area contributed by atoms with Gasteiger partial charge in [-0.1, -0.05) is 23.2 Å². The van der Waals surface area contributed by atoms with Crippen LogP contribution in [0.1, 0.15) is 22.5 Å². The van der Waals surface area contributed by atoms with Gasteiger partial charge in [0.05, 0.1) is 5.69 Å². The summed E-state index contributed by atoms with van der Waals surface area (Å²) >= 11 is 12.1. The summed E-state index contributed by atoms with van der Waals surface area (Å²) in [5, 5.41) is 9.22. The van der Waals surface area contributed by atoms with Gasteiger partial charge in [0.1, 0.15) is 0 Å². The van der Waals surface area contributed by atoms with Gasteiger partial charge in [-0.2, -0.15) is 5.10 Å². The number of hydrogen-bond donors (Lipinski definition) is 1. The second kappa shape index (κ2) is 5.95. The molecule has 0 fully saturated rings. The normalized spacial score (nSPS) is 11.0. The van der Waals surface area contributed by atoms with E-state index in [2.05, 4.69) is 17.3 Å². The van der Waals surface area contributed by atoms with Crippen molar-refractivity contribution in [1.82, 2.24) is 15.1 Å². The molecule has 2 aromatic rings. The molecule has 0 unspecified atom stereocenters. The second-order valence-electron chi connectivity index (χ2n) is 4.61. The molecule has 0 atom stereocenters. The van der Waals surface area contributed by atoms with E-state index in [9.17, 15) is 0 Å². The Bertz CT molecular complexity index is 591. The molecule has 0 aliphatic carbocycles. The highest BCUT2D eigenvalue weighted by Gasteiger charge is 2.09. The van der Waals surface area contributed by atoms with E-state index in [4.69, 9.17) is 23.2 Å². The minimum absolute atomic E-state index is 0.688. The van der Waals surface area contributed by atoms with Crippen LogP contribution in [0.25, 0.3) is 0 Å². The lowest BCUT2D eigenvalue weighted by Gasteiger charge is -2.08. The average Bonchev–Trinajstić information content (AvgIpc) is 2.60. The molecule has 3 nitrogen and oxygen atoms in total. The molecule has 0 aliphatic rings. The summed E-state index contributed by atoms with van der Waals surface area (Å²) in [7, 11) is 1.96. The minimum atomic E-state index is 0.688. The first-order chi connectivity index (χ1) is 8.99. The number of aryl methyl sites for hydroxylation is 2. The standard InChI is InChI=1S/C14H17Cl2N3/c1-9-13(10(2)19(3)18-9)8-17-7-11-6-12(15)4-5-14(11)16/h4-6,17H,7-8H2,1-3H3. The topological polar surface area (TPSA) is 29.9 Å². The van der Waals surface area contributed by atoms with Gasteiger partial charge in [-0.25, -0.2) is 0 Å². The Morgan fingerprint density at radius 3 is 2.58 bits per heavy atom. The van der Waals surface area contributed by atoms with Crippen molar-refractivity contribution in [2.45, 2.75) is 26.9 Å². The molecular weight excluding hydrogens is 281 g/mol. The van der Waals surface area contributed by atoms with Crippen LogP contribution >= 0.6 is 23.2 Å². The van der Waals surface area contributed by atoms with Gasteiger partial charge in [-0.05, 0) is 37.6 Å². The lowest BCUT2D eigenvalue weighted by molar-refractivity contribution is 0.684. The first-order valence-corrected chi connectivity index (χ1v) is 6.88. The van der Waals surface area contributed by atoms with E-state index in [0.717, 1.165) is 22.8 Å². The summed E-state index contributed by atoms with van der Waals surface area (Å²) < 4.78 is 1.90. The molecule has 0 aliphatic heterocycles. The maximum atomic E-state index is 6.13. The minimum Gasteiger partial charge on any atom is -0.308 e. The lowest BCUT2D eigenvalue weighted by Crippen LogP contribution is -2.14. The van der Waals surface area contributed by atoms with Crippen LogP contribution in [0.4, 0.5) is 0 Å². The summed E-state index contributed by atoms with van der Waals surface area (Å²) in [6.45, 7) is 5.56. The molecule has 0 spiro atoms. The molecule has 2 rings (SSSR count). The molecule has 19 heavy (non-hydrogen) atoms. The predicted octanol–water partition coefficient (Wildman–Crippen LogP) is 3.63. The van der Waals surface area contributed by atoms with E-state index >= 15 is 0 Å². The maximum Gasteiger partial charge on any atom is 0.0641 e. The Kier molecular flexibility index (Phi) is 4.50. The van der Waals surface area contributed by atoms with E-state index in [1.807, 2.05) is 30.8 Å². The largest absolute Gasteiger partial charge is 0.308 e. The van der Waals surface area contributed by atoms with Gasteiger partial charge < -0.3 is 5.32 Å². The molecule has 0 amide bonds. The molecule has 0 saturated heterocycles. The van der Waals surface area contributed by atoms with Crippen LogP contribution in [-0.4, -0.2) is 9.78 Å². The Morgan fingerprint density at radius 2 is 1.95 bits per heavy atom. The van der Waals surface area contributed by atoms with Crippen molar-refractivity contribution in [3.05, 3.63) is 50.8 Å². The molecule has 0 saturated carbocycles. The van der Waals surface area contributed by atoms with Crippen molar-refractivity contribution < 1.29 is 0 Å². The quantitative estimate of drug-likeness (QED) is 0.934. The van der Waals surface area contributed by atoms with E-state index in [-0.39, 0.29) is 0 Å². The molecule has 102 valence electrons. The van der Waals surface area contributed by atoms with Crippen LogP contribution < -0.4 is 5.32 Å². The summed E-state index contributed by atoms with van der Waals surface area (Å²) in [5.41, 5.74) is 4.49. The van der Waals surface area contributed by atoms with E-state index in [1.54, 1.807) is 6.07 Å². The second-order valence-corrected chi connectivity index (χ2v) is 5.46. The molecular formula is C14H17Cl2N3. The van der Waals surface area contributed by atoms with Gasteiger partial charge in [-0.15, -0.1) is 0 Å². The predicted molar refractivity (Wildman–Crippen MR) is 79.7 cm³/mol. The SMILES string of the molecule is Cc1nn(C)c(C)c1CNCc1cc(Cl)ccc1Cl. The highest BCUT2D eigenvalue weighted by atomic mass is 35.5. The van der Waals surface area contributed by atoms with Crippen LogP contribution in [0, 0.1) is 13.8 Å². The monoisotopic (exact) mass is 297 g/mol. The highest BCUT2D eigenvalue weighted by molar-refractivity contribution is 6.33. The third-order valence-electron chi connectivity index (χ3n) is 3.28. The fraction of sp³-hybridized carbons (Fsp3) is 0.357. The first kappa shape index (κ1) is 14.4. The third kappa shape index (κ3) is 3.30. The zero-order valence-electron chi connectivity index (χ0n) is 11.3. The van der Waals surface area contributed by atoms with Gasteiger partial charge in [0.15, 0.2) is 0 Å². The van der Waals surface area contributed by atoms with Gasteiger partial charge in [-0.3, -0.25) is 4.68 Å². The number of halogens is 2. The summed E-state index contributed by atoms with van der Waals surface area (Å²) in [6, 6.07) is 5.50. The van der Waals surface area contributed by atoms with Crippen LogP contribution in [-0.2, 0) is 20.1 Å². The number of rotatable bonds is 4. The smallest absolute Gasteiger partial charge is 0.0641 e. The first-order valence-electron chi connectivity index (χ1n) is 6.12. The Morgan fingerprint density at radius 1 is 1.21 bits per heavy atom. The van der Waals surface area contributed by atoms with E-state index in [0.29, 0.717) is 11.6 Å². The fourth-order valence-electron chi connectivity index (χ4n) is 2.07. The van der Waals surface area contributed by atoms with Crippen LogP contribution in [0.2, 0.25) is 10.0 Å². The van der Waals surface area contributed by atoms with Crippen LogP contribution in [0.15, 0.2) is 18.2 Å². The number of aromatic nitrogens is 2. The Labute approximate surface area is 123 Å². The summed E-state index contributed by atoms with van der Waals surface area (Å²) in [6.07, 6.45) is 0. The average molecular weight is 298 g/mol. The lowest BCUT2D eigenvalue weighted by atomic mass is 10.2. The fourth-order valence-corrected chi connectivity index (χ4v) is 2.45. The molecule has 1 heterocycles.